The van der Waals surface area contributed by atoms with Gasteiger partial charge in [0, 0.05) is 31.3 Å². The summed E-state index contributed by atoms with van der Waals surface area (Å²) < 4.78 is 7.66. The second kappa shape index (κ2) is 5.58. The molecule has 2 atom stereocenters. The maximum atomic E-state index is 5.70. The normalized spacial score (nSPS) is 15.8. The number of rotatable bonds is 5. The van der Waals surface area contributed by atoms with Crippen LogP contribution in [0.5, 0.6) is 0 Å². The van der Waals surface area contributed by atoms with Crippen molar-refractivity contribution in [2.24, 2.45) is 11.3 Å². The maximum Gasteiger partial charge on any atom is 0.193 e. The van der Waals surface area contributed by atoms with Crippen LogP contribution in [0.3, 0.4) is 0 Å². The van der Waals surface area contributed by atoms with Gasteiger partial charge in [0.25, 0.3) is 0 Å². The minimum Gasteiger partial charge on any atom is -0.379 e. The Morgan fingerprint density at radius 3 is 2.79 bits per heavy atom. The summed E-state index contributed by atoms with van der Waals surface area (Å²) >= 11 is 1.63. The summed E-state index contributed by atoms with van der Waals surface area (Å²) in [7, 11) is 1.73. The second-order valence-corrected chi connectivity index (χ2v) is 6.70. The number of fused-ring (bicyclic) bond motifs is 1. The molecule has 0 amide bonds. The van der Waals surface area contributed by atoms with Crippen LogP contribution in [0.4, 0.5) is 0 Å². The van der Waals surface area contributed by atoms with E-state index < -0.39 is 0 Å². The van der Waals surface area contributed by atoms with Gasteiger partial charge < -0.3 is 4.74 Å². The zero-order chi connectivity index (χ0) is 14.0. The Bertz CT molecular complexity index is 499. The lowest BCUT2D eigenvalue weighted by Crippen LogP contribution is -2.51. The topological polar surface area (TPSA) is 64.6 Å². The zero-order valence-corrected chi connectivity index (χ0v) is 12.7. The summed E-state index contributed by atoms with van der Waals surface area (Å²) in [6.07, 6.45) is 4.84. The van der Waals surface area contributed by atoms with Crippen LogP contribution in [0.15, 0.2) is 17.8 Å². The van der Waals surface area contributed by atoms with E-state index in [2.05, 4.69) is 31.2 Å². The number of aromatic nitrogens is 2. The van der Waals surface area contributed by atoms with Gasteiger partial charge in [-0.3, -0.25) is 15.7 Å². The maximum absolute atomic E-state index is 5.70. The number of nitrogens with zero attached hydrogens (tertiary/aromatic N) is 2. The van der Waals surface area contributed by atoms with Crippen molar-refractivity contribution in [1.29, 1.82) is 0 Å². The number of nitrogens with one attached hydrogen (secondary N) is 1. The van der Waals surface area contributed by atoms with E-state index in [1.807, 2.05) is 22.2 Å². The predicted octanol–water partition coefficient (Wildman–Crippen LogP) is 1.83. The van der Waals surface area contributed by atoms with Crippen molar-refractivity contribution in [3.8, 4) is 0 Å². The number of thiazole rings is 1. The van der Waals surface area contributed by atoms with Crippen molar-refractivity contribution in [3.05, 3.63) is 23.5 Å². The molecule has 0 spiro atoms. The number of hydrogen-bond acceptors (Lipinski definition) is 5. The van der Waals surface area contributed by atoms with Gasteiger partial charge in [-0.15, -0.1) is 11.3 Å². The van der Waals surface area contributed by atoms with E-state index in [1.54, 1.807) is 18.4 Å². The van der Waals surface area contributed by atoms with E-state index in [1.165, 1.54) is 0 Å². The van der Waals surface area contributed by atoms with E-state index >= 15 is 0 Å². The lowest BCUT2D eigenvalue weighted by molar-refractivity contribution is -0.0112. The molecule has 106 valence electrons. The Labute approximate surface area is 117 Å². The lowest BCUT2D eigenvalue weighted by Gasteiger charge is -2.35. The molecule has 0 aliphatic carbocycles. The monoisotopic (exact) mass is 282 g/mol. The molecule has 0 saturated carbocycles. The molecule has 19 heavy (non-hydrogen) atoms. The summed E-state index contributed by atoms with van der Waals surface area (Å²) in [6.45, 7) is 6.45. The van der Waals surface area contributed by atoms with E-state index in [4.69, 9.17) is 10.6 Å². The van der Waals surface area contributed by atoms with Crippen molar-refractivity contribution >= 4 is 16.3 Å². The molecule has 0 saturated heterocycles. The summed E-state index contributed by atoms with van der Waals surface area (Å²) in [5.74, 6) is 5.70. The van der Waals surface area contributed by atoms with Gasteiger partial charge in [-0.25, -0.2) is 4.98 Å². The van der Waals surface area contributed by atoms with Crippen LogP contribution in [0.2, 0.25) is 0 Å². The molecule has 2 heterocycles. The molecule has 2 rings (SSSR count). The Morgan fingerprint density at radius 1 is 1.53 bits per heavy atom. The second-order valence-electron chi connectivity index (χ2n) is 5.82. The van der Waals surface area contributed by atoms with Crippen LogP contribution in [-0.2, 0) is 11.2 Å². The summed E-state index contributed by atoms with van der Waals surface area (Å²) in [6, 6.07) is 0.0367. The van der Waals surface area contributed by atoms with E-state index in [0.717, 1.165) is 17.1 Å². The number of methoxy groups -OCH3 is 1. The molecule has 0 fully saturated rings. The highest BCUT2D eigenvalue weighted by Crippen LogP contribution is 2.26. The van der Waals surface area contributed by atoms with Gasteiger partial charge in [-0.2, -0.15) is 0 Å². The summed E-state index contributed by atoms with van der Waals surface area (Å²) in [5.41, 5.74) is 3.92. The van der Waals surface area contributed by atoms with Crippen LogP contribution in [0, 0.1) is 5.41 Å². The van der Waals surface area contributed by atoms with Crippen molar-refractivity contribution in [1.82, 2.24) is 14.8 Å². The van der Waals surface area contributed by atoms with E-state index in [-0.39, 0.29) is 17.6 Å². The minimum atomic E-state index is 0.0168. The molecule has 3 N–H and O–H groups in total. The van der Waals surface area contributed by atoms with Crippen LogP contribution >= 0.6 is 11.3 Å². The predicted molar refractivity (Wildman–Crippen MR) is 78.1 cm³/mol. The number of nitrogens with two attached hydrogens (primary N) is 1. The first-order valence-electron chi connectivity index (χ1n) is 6.35. The molecular weight excluding hydrogens is 260 g/mol. The lowest BCUT2D eigenvalue weighted by atomic mass is 9.83. The Hall–Kier alpha value is -0.950. The molecule has 2 unspecified atom stereocenters. The van der Waals surface area contributed by atoms with E-state index in [0.29, 0.717) is 0 Å². The fourth-order valence-corrected chi connectivity index (χ4v) is 3.19. The Morgan fingerprint density at radius 2 is 2.26 bits per heavy atom. The van der Waals surface area contributed by atoms with Gasteiger partial charge in [0.1, 0.15) is 0 Å². The van der Waals surface area contributed by atoms with Crippen molar-refractivity contribution < 1.29 is 4.74 Å². The third kappa shape index (κ3) is 3.14. The molecule has 0 aliphatic heterocycles. The first-order valence-corrected chi connectivity index (χ1v) is 7.23. The Balaban J connectivity index is 2.16. The number of imidazole rings is 1. The quantitative estimate of drug-likeness (QED) is 0.649. The third-order valence-electron chi connectivity index (χ3n) is 3.26. The molecule has 0 aromatic carbocycles. The standard InChI is InChI=1S/C13H22N4OS/c1-13(2,3)11(18-4)10(16-14)7-9-8-17-5-6-19-12(17)15-9/h5-6,8,10-11,16H,7,14H2,1-4H3. The highest BCUT2D eigenvalue weighted by atomic mass is 32.1. The van der Waals surface area contributed by atoms with Gasteiger partial charge in [0.05, 0.1) is 17.8 Å². The molecule has 6 heteroatoms. The molecule has 5 nitrogen and oxygen atoms in total. The van der Waals surface area contributed by atoms with Crippen LogP contribution in [-0.4, -0.2) is 28.6 Å². The molecule has 2 aromatic heterocycles. The third-order valence-corrected chi connectivity index (χ3v) is 4.03. The number of hydrazine groups is 1. The van der Waals surface area contributed by atoms with E-state index in [9.17, 15) is 0 Å². The largest absolute Gasteiger partial charge is 0.379 e. The first-order chi connectivity index (χ1) is 8.95. The highest BCUT2D eigenvalue weighted by molar-refractivity contribution is 7.15. The number of hydrogen-bond donors (Lipinski definition) is 2. The van der Waals surface area contributed by atoms with Crippen LogP contribution in [0.1, 0.15) is 26.5 Å². The smallest absolute Gasteiger partial charge is 0.193 e. The fraction of sp³-hybridized carbons (Fsp3) is 0.615. The zero-order valence-electron chi connectivity index (χ0n) is 11.9. The van der Waals surface area contributed by atoms with Crippen molar-refractivity contribution in [2.75, 3.05) is 7.11 Å². The SMILES string of the molecule is COC(C(Cc1cn2ccsc2n1)NN)C(C)(C)C. The van der Waals surface area contributed by atoms with Gasteiger partial charge in [-0.1, -0.05) is 20.8 Å². The average molecular weight is 282 g/mol. The minimum absolute atomic E-state index is 0.0168. The molecule has 0 radical (unpaired) electrons. The van der Waals surface area contributed by atoms with Gasteiger partial charge in [0.15, 0.2) is 4.96 Å². The van der Waals surface area contributed by atoms with Crippen LogP contribution in [0.25, 0.3) is 4.96 Å². The van der Waals surface area contributed by atoms with Gasteiger partial charge >= 0.3 is 0 Å². The summed E-state index contributed by atoms with van der Waals surface area (Å²) in [5, 5.41) is 2.03. The Kier molecular flexibility index (Phi) is 4.25. The molecular formula is C13H22N4OS. The van der Waals surface area contributed by atoms with Crippen molar-refractivity contribution in [3.63, 3.8) is 0 Å². The highest BCUT2D eigenvalue weighted by Gasteiger charge is 2.32. The molecule has 2 aromatic rings. The number of ether oxygens (including phenoxy) is 1. The fourth-order valence-electron chi connectivity index (χ4n) is 2.47. The van der Waals surface area contributed by atoms with Crippen LogP contribution < -0.4 is 11.3 Å². The van der Waals surface area contributed by atoms with Crippen molar-refractivity contribution in [2.45, 2.75) is 39.3 Å². The summed E-state index contributed by atoms with van der Waals surface area (Å²) in [4.78, 5) is 5.60. The van der Waals surface area contributed by atoms with Gasteiger partial charge in [0.2, 0.25) is 0 Å². The average Bonchev–Trinajstić information content (AvgIpc) is 2.87. The molecule has 0 aliphatic rings. The molecule has 0 bridgehead atoms. The first kappa shape index (κ1) is 14.5. The van der Waals surface area contributed by atoms with Gasteiger partial charge in [-0.05, 0) is 5.41 Å².